The highest BCUT2D eigenvalue weighted by atomic mass is 16.2. The van der Waals surface area contributed by atoms with Crippen LogP contribution in [0, 0.1) is 16.7 Å². The zero-order chi connectivity index (χ0) is 15.4. The molecule has 0 N–H and O–H groups in total. The molecule has 1 aliphatic heterocycles. The van der Waals surface area contributed by atoms with Gasteiger partial charge in [0.2, 0.25) is 17.5 Å². The summed E-state index contributed by atoms with van der Waals surface area (Å²) in [7, 11) is 0. The van der Waals surface area contributed by atoms with Gasteiger partial charge in [-0.1, -0.05) is 20.8 Å². The molecule has 1 heterocycles. The van der Waals surface area contributed by atoms with Crippen LogP contribution in [-0.2, 0) is 14.4 Å². The highest BCUT2D eigenvalue weighted by molar-refractivity contribution is 6.47. The van der Waals surface area contributed by atoms with Gasteiger partial charge in [0.05, 0.1) is 0 Å². The molecule has 21 heavy (non-hydrogen) atoms. The molecular formula is C16H24N2O3. The second-order valence-corrected chi connectivity index (χ2v) is 7.14. The minimum atomic E-state index is -1.08. The maximum atomic E-state index is 13.1. The smallest absolute Gasteiger partial charge is 0.237 e. The molecule has 0 radical (unpaired) electrons. The number of ketones is 2. The Morgan fingerprint density at radius 3 is 2.29 bits per heavy atom. The number of hydrogen-bond acceptors (Lipinski definition) is 4. The van der Waals surface area contributed by atoms with Crippen LogP contribution in [0.1, 0.15) is 33.6 Å². The molecule has 0 spiro atoms. The van der Waals surface area contributed by atoms with Gasteiger partial charge in [0, 0.05) is 32.1 Å². The van der Waals surface area contributed by atoms with Gasteiger partial charge in [-0.2, -0.15) is 0 Å². The van der Waals surface area contributed by atoms with E-state index in [-0.39, 0.29) is 17.6 Å². The number of fused-ring (bicyclic) bond motifs is 2. The Labute approximate surface area is 125 Å². The van der Waals surface area contributed by atoms with Crippen molar-refractivity contribution in [2.75, 3.05) is 32.7 Å². The minimum absolute atomic E-state index is 0.0957. The van der Waals surface area contributed by atoms with E-state index in [9.17, 15) is 14.4 Å². The molecule has 2 saturated carbocycles. The molecule has 0 aromatic rings. The van der Waals surface area contributed by atoms with Gasteiger partial charge in [-0.25, -0.2) is 0 Å². The summed E-state index contributed by atoms with van der Waals surface area (Å²) in [5.74, 6) is -1.09. The lowest BCUT2D eigenvalue weighted by Gasteiger charge is -2.41. The van der Waals surface area contributed by atoms with Gasteiger partial charge in [-0.3, -0.25) is 14.4 Å². The Kier molecular flexibility index (Phi) is 3.24. The lowest BCUT2D eigenvalue weighted by atomic mass is 9.68. The van der Waals surface area contributed by atoms with Crippen LogP contribution in [-0.4, -0.2) is 60.0 Å². The molecule has 2 bridgehead atoms. The van der Waals surface area contributed by atoms with E-state index in [0.717, 1.165) is 19.6 Å². The summed E-state index contributed by atoms with van der Waals surface area (Å²) in [4.78, 5) is 41.8. The standard InChI is InChI=1S/C16H24N2O3/c1-4-17-7-9-18(10-8-17)14(21)16-6-5-11(15(16,2)3)12(19)13(16)20/h11H,4-10H2,1-3H3. The summed E-state index contributed by atoms with van der Waals surface area (Å²) in [5.41, 5.74) is -1.61. The first-order valence-corrected chi connectivity index (χ1v) is 7.96. The Balaban J connectivity index is 1.87. The van der Waals surface area contributed by atoms with Crippen LogP contribution in [0.2, 0.25) is 0 Å². The van der Waals surface area contributed by atoms with Crippen LogP contribution in [0.4, 0.5) is 0 Å². The molecule has 0 aromatic heterocycles. The molecule has 3 fully saturated rings. The second kappa shape index (κ2) is 4.63. The molecular weight excluding hydrogens is 268 g/mol. The third-order valence-corrected chi connectivity index (χ3v) is 6.18. The molecule has 116 valence electrons. The predicted molar refractivity (Wildman–Crippen MR) is 77.6 cm³/mol. The maximum absolute atomic E-state index is 13.1. The first-order chi connectivity index (χ1) is 9.86. The highest BCUT2D eigenvalue weighted by Gasteiger charge is 2.73. The predicted octanol–water partition coefficient (Wildman–Crippen LogP) is 0.725. The zero-order valence-electron chi connectivity index (χ0n) is 13.1. The van der Waals surface area contributed by atoms with E-state index >= 15 is 0 Å². The van der Waals surface area contributed by atoms with Crippen molar-refractivity contribution in [2.24, 2.45) is 16.7 Å². The Morgan fingerprint density at radius 1 is 1.19 bits per heavy atom. The van der Waals surface area contributed by atoms with Crippen LogP contribution in [0.15, 0.2) is 0 Å². The van der Waals surface area contributed by atoms with Crippen LogP contribution in [0.25, 0.3) is 0 Å². The summed E-state index contributed by atoms with van der Waals surface area (Å²) in [5, 5.41) is 0. The molecule has 0 aromatic carbocycles. The first-order valence-electron chi connectivity index (χ1n) is 7.96. The van der Waals surface area contributed by atoms with Crippen molar-refractivity contribution in [1.82, 2.24) is 9.80 Å². The summed E-state index contributed by atoms with van der Waals surface area (Å²) < 4.78 is 0. The van der Waals surface area contributed by atoms with E-state index in [2.05, 4.69) is 11.8 Å². The van der Waals surface area contributed by atoms with Gasteiger partial charge in [0.1, 0.15) is 5.41 Å². The van der Waals surface area contributed by atoms with E-state index < -0.39 is 16.6 Å². The van der Waals surface area contributed by atoms with E-state index in [4.69, 9.17) is 0 Å². The fraction of sp³-hybridized carbons (Fsp3) is 0.812. The Bertz CT molecular complexity index is 506. The molecule has 2 aliphatic carbocycles. The molecule has 5 heteroatoms. The molecule has 2 unspecified atom stereocenters. The van der Waals surface area contributed by atoms with Crippen molar-refractivity contribution < 1.29 is 14.4 Å². The lowest BCUT2D eigenvalue weighted by Crippen LogP contribution is -2.57. The number of rotatable bonds is 2. The van der Waals surface area contributed by atoms with Crippen molar-refractivity contribution in [1.29, 1.82) is 0 Å². The van der Waals surface area contributed by atoms with Gasteiger partial charge in [-0.15, -0.1) is 0 Å². The van der Waals surface area contributed by atoms with E-state index in [1.165, 1.54) is 0 Å². The summed E-state index contributed by atoms with van der Waals surface area (Å²) in [6.45, 7) is 9.97. The lowest BCUT2D eigenvalue weighted by molar-refractivity contribution is -0.156. The molecule has 1 amide bonds. The van der Waals surface area contributed by atoms with Crippen LogP contribution >= 0.6 is 0 Å². The Morgan fingerprint density at radius 2 is 1.81 bits per heavy atom. The topological polar surface area (TPSA) is 57.7 Å². The number of carbonyl (C=O) groups excluding carboxylic acids is 3. The Hall–Kier alpha value is -1.23. The van der Waals surface area contributed by atoms with Gasteiger partial charge < -0.3 is 9.80 Å². The summed E-state index contributed by atoms with van der Waals surface area (Å²) in [6.07, 6.45) is 1.22. The van der Waals surface area contributed by atoms with Crippen molar-refractivity contribution in [3.05, 3.63) is 0 Å². The van der Waals surface area contributed by atoms with E-state index in [1.807, 2.05) is 18.7 Å². The van der Waals surface area contributed by atoms with Crippen molar-refractivity contribution in [3.8, 4) is 0 Å². The fourth-order valence-electron chi connectivity index (χ4n) is 4.59. The zero-order valence-corrected chi connectivity index (χ0v) is 13.1. The molecule has 5 nitrogen and oxygen atoms in total. The number of amides is 1. The normalized spacial score (nSPS) is 35.6. The molecule has 3 rings (SSSR count). The maximum Gasteiger partial charge on any atom is 0.237 e. The minimum Gasteiger partial charge on any atom is -0.339 e. The number of piperazine rings is 1. The molecule has 1 saturated heterocycles. The van der Waals surface area contributed by atoms with Crippen LogP contribution < -0.4 is 0 Å². The van der Waals surface area contributed by atoms with Gasteiger partial charge in [0.25, 0.3) is 0 Å². The van der Waals surface area contributed by atoms with Gasteiger partial charge in [-0.05, 0) is 24.8 Å². The third kappa shape index (κ3) is 1.70. The average molecular weight is 292 g/mol. The van der Waals surface area contributed by atoms with Crippen LogP contribution in [0.3, 0.4) is 0 Å². The van der Waals surface area contributed by atoms with E-state index in [1.54, 1.807) is 0 Å². The van der Waals surface area contributed by atoms with Crippen molar-refractivity contribution in [3.63, 3.8) is 0 Å². The summed E-state index contributed by atoms with van der Waals surface area (Å²) in [6, 6.07) is 0. The number of hydrogen-bond donors (Lipinski definition) is 0. The number of Topliss-reactive ketones (excluding diaryl/α,β-unsaturated/α-hetero) is 2. The molecule has 2 atom stereocenters. The summed E-state index contributed by atoms with van der Waals surface area (Å²) >= 11 is 0. The average Bonchev–Trinajstić information content (AvgIpc) is 2.83. The van der Waals surface area contributed by atoms with Crippen molar-refractivity contribution >= 4 is 17.5 Å². The molecule has 3 aliphatic rings. The number of carbonyl (C=O) groups is 3. The van der Waals surface area contributed by atoms with Gasteiger partial charge in [0.15, 0.2) is 0 Å². The number of likely N-dealkylation sites (N-methyl/N-ethyl adjacent to an activating group) is 1. The monoisotopic (exact) mass is 292 g/mol. The van der Waals surface area contributed by atoms with Crippen molar-refractivity contribution in [2.45, 2.75) is 33.6 Å². The highest BCUT2D eigenvalue weighted by Crippen LogP contribution is 2.63. The quantitative estimate of drug-likeness (QED) is 0.556. The number of nitrogens with zero attached hydrogens (tertiary/aromatic N) is 2. The second-order valence-electron chi connectivity index (χ2n) is 7.14. The fourth-order valence-corrected chi connectivity index (χ4v) is 4.59. The van der Waals surface area contributed by atoms with E-state index in [0.29, 0.717) is 25.9 Å². The van der Waals surface area contributed by atoms with Crippen LogP contribution in [0.5, 0.6) is 0 Å². The largest absolute Gasteiger partial charge is 0.339 e. The first kappa shape index (κ1) is 14.7. The van der Waals surface area contributed by atoms with Gasteiger partial charge >= 0.3 is 0 Å². The SMILES string of the molecule is CCN1CCN(C(=O)C23CCC(C(=O)C2=O)C3(C)C)CC1. The third-order valence-electron chi connectivity index (χ3n) is 6.18.